The van der Waals surface area contributed by atoms with Gasteiger partial charge in [-0.15, -0.1) is 0 Å². The van der Waals surface area contributed by atoms with Crippen molar-refractivity contribution in [3.63, 3.8) is 0 Å². The van der Waals surface area contributed by atoms with E-state index in [0.29, 0.717) is 11.9 Å². The Morgan fingerprint density at radius 3 is 1.74 bits per heavy atom. The van der Waals surface area contributed by atoms with Gasteiger partial charge < -0.3 is 9.67 Å². The second-order valence-corrected chi connectivity index (χ2v) is 11.8. The van der Waals surface area contributed by atoms with Crippen LogP contribution in [0.2, 0.25) is 0 Å². The number of carbonyl (C=O) groups is 2. The average molecular weight is 598 g/mol. The molecule has 4 rings (SSSR count). The van der Waals surface area contributed by atoms with E-state index >= 15 is 0 Å². The van der Waals surface area contributed by atoms with E-state index in [9.17, 15) is 52.8 Å². The number of halogens is 6. The van der Waals surface area contributed by atoms with Gasteiger partial charge in [-0.3, -0.25) is 9.59 Å². The van der Waals surface area contributed by atoms with E-state index < -0.39 is 74.8 Å². The molecule has 0 saturated carbocycles. The first-order valence-electron chi connectivity index (χ1n) is 10.4. The van der Waals surface area contributed by atoms with E-state index in [-0.39, 0.29) is 11.6 Å². The van der Waals surface area contributed by atoms with Gasteiger partial charge in [0.1, 0.15) is 16.8 Å². The summed E-state index contributed by atoms with van der Waals surface area (Å²) in [5, 5.41) is 9.01. The number of aliphatic hydroxyl groups is 1. The predicted octanol–water partition coefficient (Wildman–Crippen LogP) is 3.52. The second-order valence-electron chi connectivity index (χ2n) is 7.99. The average Bonchev–Trinajstić information content (AvgIpc) is 3.26. The third-order valence-electron chi connectivity index (χ3n) is 5.41. The molecule has 1 aromatic heterocycles. The van der Waals surface area contributed by atoms with E-state index in [1.807, 2.05) is 13.2 Å². The van der Waals surface area contributed by atoms with Crippen molar-refractivity contribution in [3.8, 4) is 0 Å². The summed E-state index contributed by atoms with van der Waals surface area (Å²) in [6.45, 7) is 1.70. The van der Waals surface area contributed by atoms with Gasteiger partial charge in [-0.05, 0) is 19.1 Å². The standard InChI is InChI=1S/C16H6F6O6S2.C6H10N2O/c17-15(18,19)29(25,26)10-6-5-9-11(14(10)30(27,28)16(20,21)22)13(24)8-4-2-1-3-7(8)12(9)23;1-5(9)6-7-3-4-8(6)2/h1-6H;3-5,9H,1-2H3. The number of fused-ring (bicyclic) bond motifs is 2. The summed E-state index contributed by atoms with van der Waals surface area (Å²) >= 11 is 0. The zero-order chi connectivity index (χ0) is 29.7. The number of aromatic nitrogens is 2. The van der Waals surface area contributed by atoms with Gasteiger partial charge in [-0.2, -0.15) is 26.3 Å². The number of hydrogen-bond acceptors (Lipinski definition) is 8. The number of rotatable bonds is 3. The molecule has 1 unspecified atom stereocenters. The van der Waals surface area contributed by atoms with Crippen LogP contribution in [0.4, 0.5) is 26.3 Å². The van der Waals surface area contributed by atoms with E-state index in [0.717, 1.165) is 12.1 Å². The van der Waals surface area contributed by atoms with Crippen LogP contribution in [-0.2, 0) is 26.7 Å². The molecule has 0 aliphatic heterocycles. The van der Waals surface area contributed by atoms with Crippen molar-refractivity contribution >= 4 is 31.2 Å². The molecule has 0 fully saturated rings. The highest BCUT2D eigenvalue weighted by atomic mass is 32.2. The van der Waals surface area contributed by atoms with Crippen LogP contribution in [0, 0.1) is 0 Å². The van der Waals surface area contributed by atoms with Crippen LogP contribution in [0.1, 0.15) is 50.7 Å². The highest BCUT2D eigenvalue weighted by Gasteiger charge is 2.56. The smallest absolute Gasteiger partial charge is 0.385 e. The summed E-state index contributed by atoms with van der Waals surface area (Å²) in [4.78, 5) is 24.5. The van der Waals surface area contributed by atoms with Crippen LogP contribution < -0.4 is 0 Å². The number of benzene rings is 2. The Hall–Kier alpha value is -3.57. The van der Waals surface area contributed by atoms with Crippen LogP contribution in [0.15, 0.2) is 58.6 Å². The lowest BCUT2D eigenvalue weighted by Gasteiger charge is -2.23. The van der Waals surface area contributed by atoms with E-state index in [1.54, 1.807) is 17.7 Å². The van der Waals surface area contributed by atoms with Gasteiger partial charge in [-0.1, -0.05) is 24.3 Å². The first-order chi connectivity index (χ1) is 17.7. The minimum atomic E-state index is -6.80. The first-order valence-corrected chi connectivity index (χ1v) is 13.3. The number of alkyl halides is 6. The summed E-state index contributed by atoms with van der Waals surface area (Å²) in [5.74, 6) is -1.99. The second kappa shape index (κ2) is 9.87. The Bertz CT molecular complexity index is 1690. The molecule has 1 aliphatic rings. The topological polar surface area (TPSA) is 140 Å². The van der Waals surface area contributed by atoms with Gasteiger partial charge in [0.2, 0.25) is 0 Å². The molecule has 0 amide bonds. The molecular weight excluding hydrogens is 582 g/mol. The van der Waals surface area contributed by atoms with Crippen LogP contribution in [-0.4, -0.2) is 54.1 Å². The van der Waals surface area contributed by atoms with Crippen LogP contribution in [0.3, 0.4) is 0 Å². The number of aliphatic hydroxyl groups excluding tert-OH is 1. The molecule has 9 nitrogen and oxygen atoms in total. The molecule has 0 saturated heterocycles. The Kier molecular flexibility index (Phi) is 7.59. The van der Waals surface area contributed by atoms with Gasteiger partial charge in [0.15, 0.2) is 11.6 Å². The lowest BCUT2D eigenvalue weighted by molar-refractivity contribution is -0.0456. The predicted molar refractivity (Wildman–Crippen MR) is 120 cm³/mol. The molecule has 1 N–H and O–H groups in total. The number of aryl methyl sites for hydroxylation is 1. The maximum atomic E-state index is 13.2. The van der Waals surface area contributed by atoms with Gasteiger partial charge in [0, 0.05) is 36.1 Å². The minimum absolute atomic E-state index is 0.0839. The minimum Gasteiger partial charge on any atom is -0.385 e. The number of nitrogens with zero attached hydrogens (tertiary/aromatic N) is 2. The van der Waals surface area contributed by atoms with E-state index in [2.05, 4.69) is 4.98 Å². The molecule has 39 heavy (non-hydrogen) atoms. The van der Waals surface area contributed by atoms with Crippen LogP contribution in [0.25, 0.3) is 0 Å². The monoisotopic (exact) mass is 598 g/mol. The summed E-state index contributed by atoms with van der Waals surface area (Å²) in [6, 6.07) is 4.78. The van der Waals surface area contributed by atoms with Gasteiger partial charge in [0.25, 0.3) is 19.7 Å². The molecule has 0 spiro atoms. The molecule has 1 aliphatic carbocycles. The van der Waals surface area contributed by atoms with E-state index in [1.165, 1.54) is 12.1 Å². The fourth-order valence-electron chi connectivity index (χ4n) is 3.64. The fraction of sp³-hybridized carbons (Fsp3) is 0.227. The Balaban J connectivity index is 0.000000395. The van der Waals surface area contributed by atoms with Crippen molar-refractivity contribution in [2.45, 2.75) is 33.8 Å². The molecule has 17 heteroatoms. The zero-order valence-electron chi connectivity index (χ0n) is 19.6. The normalized spacial score (nSPS) is 14.7. The lowest BCUT2D eigenvalue weighted by Crippen LogP contribution is -2.33. The number of carbonyl (C=O) groups excluding carboxylic acids is 2. The molecular formula is C22H16F6N2O7S2. The molecule has 1 atom stereocenters. The molecule has 210 valence electrons. The number of ketones is 2. The third kappa shape index (κ3) is 5.08. The van der Waals surface area contributed by atoms with Crippen molar-refractivity contribution in [1.82, 2.24) is 9.55 Å². The van der Waals surface area contributed by atoms with Crippen molar-refractivity contribution in [3.05, 3.63) is 76.9 Å². The molecule has 0 bridgehead atoms. The van der Waals surface area contributed by atoms with Gasteiger partial charge in [-0.25, -0.2) is 21.8 Å². The first kappa shape index (κ1) is 30.0. The maximum absolute atomic E-state index is 13.2. The Morgan fingerprint density at radius 1 is 0.821 bits per heavy atom. The van der Waals surface area contributed by atoms with E-state index in [4.69, 9.17) is 5.11 Å². The lowest BCUT2D eigenvalue weighted by atomic mass is 9.84. The van der Waals surface area contributed by atoms with Crippen molar-refractivity contribution in [2.24, 2.45) is 7.05 Å². The molecule has 2 aromatic carbocycles. The summed E-state index contributed by atoms with van der Waals surface area (Å²) in [7, 11) is -11.6. The Morgan fingerprint density at radius 2 is 1.33 bits per heavy atom. The van der Waals surface area contributed by atoms with Crippen molar-refractivity contribution in [2.75, 3.05) is 0 Å². The maximum Gasteiger partial charge on any atom is 0.501 e. The quantitative estimate of drug-likeness (QED) is 0.354. The van der Waals surface area contributed by atoms with Gasteiger partial charge in [0.05, 0.1) is 10.5 Å². The van der Waals surface area contributed by atoms with Crippen molar-refractivity contribution in [1.29, 1.82) is 0 Å². The SMILES string of the molecule is CC(O)c1nccn1C.O=C1c2ccccc2C(=O)c2c1ccc(S(=O)(=O)C(F)(F)F)c2S(=O)(=O)C(F)(F)F. The highest BCUT2D eigenvalue weighted by Crippen LogP contribution is 2.43. The van der Waals surface area contributed by atoms with Crippen LogP contribution >= 0.6 is 0 Å². The number of sulfone groups is 2. The van der Waals surface area contributed by atoms with Crippen molar-refractivity contribution < 1.29 is 57.9 Å². The van der Waals surface area contributed by atoms with Crippen LogP contribution in [0.5, 0.6) is 0 Å². The number of imidazole rings is 1. The molecule has 1 heterocycles. The van der Waals surface area contributed by atoms with Gasteiger partial charge >= 0.3 is 11.0 Å². The third-order valence-corrected chi connectivity index (χ3v) is 8.64. The largest absolute Gasteiger partial charge is 0.501 e. The summed E-state index contributed by atoms with van der Waals surface area (Å²) in [5.41, 5.74) is -15.9. The fourth-order valence-corrected chi connectivity index (χ4v) is 6.17. The molecule has 0 radical (unpaired) electrons. The Labute approximate surface area is 216 Å². The highest BCUT2D eigenvalue weighted by molar-refractivity contribution is 7.95. The molecule has 3 aromatic rings. The zero-order valence-corrected chi connectivity index (χ0v) is 21.2. The number of hydrogen-bond donors (Lipinski definition) is 1. The summed E-state index contributed by atoms with van der Waals surface area (Å²) in [6.07, 6.45) is 3.01. The summed E-state index contributed by atoms with van der Waals surface area (Å²) < 4.78 is 128.